The second-order valence-electron chi connectivity index (χ2n) is 12.0. The number of ketones is 2. The minimum atomic E-state index is -2.68. The monoisotopic (exact) mass is 606 g/mol. The molecule has 0 aliphatic heterocycles. The van der Waals surface area contributed by atoms with E-state index >= 15 is 0 Å². The average Bonchev–Trinajstić information content (AvgIpc) is 2.95. The predicted molar refractivity (Wildman–Crippen MR) is 162 cm³/mol. The molecule has 0 radical (unpaired) electrons. The van der Waals surface area contributed by atoms with Gasteiger partial charge in [0.25, 0.3) is 5.91 Å². The van der Waals surface area contributed by atoms with Crippen LogP contribution in [0.3, 0.4) is 0 Å². The van der Waals surface area contributed by atoms with Crippen LogP contribution in [0.4, 0.5) is 5.69 Å². The van der Waals surface area contributed by atoms with Gasteiger partial charge in [0.2, 0.25) is 5.78 Å². The summed E-state index contributed by atoms with van der Waals surface area (Å²) in [5, 5.41) is 49.3. The number of para-hydroxylation sites is 1. The number of fused-ring (bicyclic) bond motifs is 3. The number of hydrogen-bond acceptors (Lipinski definition) is 11. The third-order valence-corrected chi connectivity index (χ3v) is 9.08. The maximum atomic E-state index is 14.1. The fourth-order valence-electron chi connectivity index (χ4n) is 7.06. The van der Waals surface area contributed by atoms with Crippen LogP contribution >= 0.6 is 0 Å². The van der Waals surface area contributed by atoms with E-state index in [4.69, 9.17) is 10.5 Å². The fraction of sp³-hybridized carbons (Fsp3) is 0.406. The van der Waals surface area contributed by atoms with Crippen molar-refractivity contribution in [3.05, 3.63) is 69.5 Å². The van der Waals surface area contributed by atoms with E-state index in [1.807, 2.05) is 49.3 Å². The molecular weight excluding hydrogens is 568 g/mol. The molecule has 2 aromatic rings. The average molecular weight is 607 g/mol. The number of nitrogens with two attached hydrogens (primary N) is 1. The third-order valence-electron chi connectivity index (χ3n) is 9.08. The van der Waals surface area contributed by atoms with Gasteiger partial charge in [-0.3, -0.25) is 19.3 Å². The first-order valence-corrected chi connectivity index (χ1v) is 14.3. The minimum Gasteiger partial charge on any atom is -0.508 e. The van der Waals surface area contributed by atoms with Crippen LogP contribution in [0.15, 0.2) is 47.2 Å². The number of Topliss-reactive ketones (excluding diaryl/α,β-unsaturated/α-hetero) is 2. The van der Waals surface area contributed by atoms with Crippen LogP contribution in [0.2, 0.25) is 0 Å². The highest BCUT2D eigenvalue weighted by atomic mass is 16.5. The Morgan fingerprint density at radius 2 is 1.75 bits per heavy atom. The van der Waals surface area contributed by atoms with Gasteiger partial charge in [-0.15, -0.1) is 0 Å². The van der Waals surface area contributed by atoms with Crippen molar-refractivity contribution in [3.8, 4) is 11.5 Å². The molecule has 0 bridgehead atoms. The number of ether oxygens (including phenoxy) is 1. The van der Waals surface area contributed by atoms with Gasteiger partial charge in [-0.05, 0) is 50.6 Å². The number of aliphatic hydroxyl groups is 3. The van der Waals surface area contributed by atoms with Crippen molar-refractivity contribution in [1.82, 2.24) is 10.2 Å². The van der Waals surface area contributed by atoms with E-state index in [-0.39, 0.29) is 36.3 Å². The van der Waals surface area contributed by atoms with Gasteiger partial charge in [-0.25, -0.2) is 0 Å². The molecule has 3 aliphatic rings. The standard InChI is InChI=1S/C32H38N4O8/c1-35(2)20-12-17(14-34-13-15-8-6-7-9-21(15)44-5)26(37)23-18(20)10-16-11-19-25(36(3)4)28(39)24(31(33)42)30(41)32(19,43)29(40)22(16)27(23)38/h6-9,12,16,19,25,34,37-38,41,43H,10-11,13-14H2,1-5H3,(H2,33,42)/t16-,19-,25?,32-/m1/s1. The summed E-state index contributed by atoms with van der Waals surface area (Å²) >= 11 is 0. The molecule has 0 heterocycles. The third kappa shape index (κ3) is 4.61. The van der Waals surface area contributed by atoms with E-state index in [0.717, 1.165) is 5.56 Å². The Morgan fingerprint density at radius 1 is 1.09 bits per heavy atom. The number of amides is 1. The maximum absolute atomic E-state index is 14.1. The van der Waals surface area contributed by atoms with E-state index in [1.165, 1.54) is 4.90 Å². The van der Waals surface area contributed by atoms with E-state index in [9.17, 15) is 34.8 Å². The lowest BCUT2D eigenvalue weighted by atomic mass is 9.57. The second kappa shape index (κ2) is 11.3. The number of anilines is 1. The first kappa shape index (κ1) is 31.0. The Morgan fingerprint density at radius 3 is 2.36 bits per heavy atom. The number of phenolic OH excluding ortho intramolecular Hbond substituents is 1. The predicted octanol–water partition coefficient (Wildman–Crippen LogP) is 1.33. The SMILES string of the molecule is COc1ccccc1CNCc1cc(N(C)C)c2c(c1O)C(O)=C1C(=O)[C@@]3(O)C(O)=C(C(N)=O)C(=O)C(N(C)C)[C@H]3C[C@H]1C2. The summed E-state index contributed by atoms with van der Waals surface area (Å²) in [6.07, 6.45) is 0.242. The van der Waals surface area contributed by atoms with Gasteiger partial charge < -0.3 is 41.1 Å². The molecule has 1 amide bonds. The number of methoxy groups -OCH3 is 1. The summed E-state index contributed by atoms with van der Waals surface area (Å²) in [5.41, 5.74) is 4.45. The lowest BCUT2D eigenvalue weighted by Gasteiger charge is -2.50. The van der Waals surface area contributed by atoms with Crippen molar-refractivity contribution >= 4 is 28.9 Å². The quantitative estimate of drug-likeness (QED) is 0.238. The Kier molecular flexibility index (Phi) is 7.95. The molecule has 4 atom stereocenters. The molecule has 12 nitrogen and oxygen atoms in total. The topological polar surface area (TPSA) is 186 Å². The molecule has 0 spiro atoms. The van der Waals surface area contributed by atoms with Crippen LogP contribution < -0.4 is 20.7 Å². The highest BCUT2D eigenvalue weighted by Gasteiger charge is 2.64. The molecule has 3 aliphatic carbocycles. The van der Waals surface area contributed by atoms with Crippen LogP contribution in [-0.4, -0.2) is 89.7 Å². The number of carbonyl (C=O) groups is 3. The van der Waals surface area contributed by atoms with Crippen LogP contribution in [-0.2, 0) is 33.9 Å². The molecule has 44 heavy (non-hydrogen) atoms. The zero-order valence-electron chi connectivity index (χ0n) is 25.3. The highest BCUT2D eigenvalue weighted by molar-refractivity contribution is 6.24. The molecule has 2 aromatic carbocycles. The van der Waals surface area contributed by atoms with Crippen LogP contribution in [0.25, 0.3) is 5.76 Å². The summed E-state index contributed by atoms with van der Waals surface area (Å²) in [5.74, 6) is -6.02. The van der Waals surface area contributed by atoms with Crippen molar-refractivity contribution in [2.24, 2.45) is 17.6 Å². The van der Waals surface area contributed by atoms with E-state index in [1.54, 1.807) is 21.2 Å². The van der Waals surface area contributed by atoms with Gasteiger partial charge in [-0.1, -0.05) is 18.2 Å². The summed E-state index contributed by atoms with van der Waals surface area (Å²) in [6.45, 7) is 0.640. The number of nitrogens with zero attached hydrogens (tertiary/aromatic N) is 2. The molecule has 234 valence electrons. The van der Waals surface area contributed by atoms with Crippen molar-refractivity contribution in [1.29, 1.82) is 0 Å². The lowest BCUT2D eigenvalue weighted by Crippen LogP contribution is -2.65. The molecule has 1 unspecified atom stereocenters. The molecule has 0 aromatic heterocycles. The zero-order valence-corrected chi connectivity index (χ0v) is 25.3. The van der Waals surface area contributed by atoms with Crippen molar-refractivity contribution in [2.45, 2.75) is 37.6 Å². The molecule has 12 heteroatoms. The van der Waals surface area contributed by atoms with Gasteiger partial charge in [0.15, 0.2) is 11.4 Å². The normalized spacial score (nSPS) is 24.7. The van der Waals surface area contributed by atoms with E-state index < -0.39 is 58.0 Å². The number of primary amides is 1. The molecule has 0 saturated heterocycles. The lowest BCUT2D eigenvalue weighted by molar-refractivity contribution is -0.153. The summed E-state index contributed by atoms with van der Waals surface area (Å²) in [7, 11) is 8.38. The zero-order chi connectivity index (χ0) is 32.2. The molecule has 7 N–H and O–H groups in total. The van der Waals surface area contributed by atoms with Gasteiger partial charge in [0.05, 0.1) is 18.7 Å². The van der Waals surface area contributed by atoms with E-state index in [0.29, 0.717) is 29.1 Å². The Hall–Kier alpha value is -4.39. The first-order chi connectivity index (χ1) is 20.7. The van der Waals surface area contributed by atoms with Gasteiger partial charge >= 0.3 is 0 Å². The number of hydrogen-bond donors (Lipinski definition) is 6. The van der Waals surface area contributed by atoms with Crippen molar-refractivity contribution < 1.29 is 39.5 Å². The number of likely N-dealkylation sites (N-methyl/N-ethyl adjacent to an activating group) is 1. The number of benzene rings is 2. The number of aliphatic hydroxyl groups excluding tert-OH is 2. The Bertz CT molecular complexity index is 1630. The van der Waals surface area contributed by atoms with Crippen LogP contribution in [0, 0.1) is 11.8 Å². The number of nitrogens with one attached hydrogen (secondary N) is 1. The van der Waals surface area contributed by atoms with Gasteiger partial charge in [0, 0.05) is 55.5 Å². The second-order valence-corrected chi connectivity index (χ2v) is 12.0. The van der Waals surface area contributed by atoms with Crippen LogP contribution in [0.5, 0.6) is 11.5 Å². The smallest absolute Gasteiger partial charge is 0.255 e. The van der Waals surface area contributed by atoms with Crippen molar-refractivity contribution in [2.75, 3.05) is 40.2 Å². The summed E-state index contributed by atoms with van der Waals surface area (Å²) < 4.78 is 5.41. The number of aromatic hydroxyl groups is 1. The fourth-order valence-corrected chi connectivity index (χ4v) is 7.06. The molecule has 5 rings (SSSR count). The number of rotatable bonds is 8. The number of phenols is 1. The Balaban J connectivity index is 1.61. The highest BCUT2D eigenvalue weighted by Crippen LogP contribution is 2.54. The summed E-state index contributed by atoms with van der Waals surface area (Å²) in [6, 6.07) is 8.21. The molecular formula is C32H38N4O8. The molecule has 1 fully saturated rings. The summed E-state index contributed by atoms with van der Waals surface area (Å²) in [4.78, 5) is 43.0. The van der Waals surface area contributed by atoms with Crippen LogP contribution in [0.1, 0.15) is 28.7 Å². The maximum Gasteiger partial charge on any atom is 0.255 e. The van der Waals surface area contributed by atoms with Gasteiger partial charge in [0.1, 0.15) is 28.6 Å². The Labute approximate surface area is 255 Å². The van der Waals surface area contributed by atoms with Crippen molar-refractivity contribution in [3.63, 3.8) is 0 Å². The first-order valence-electron chi connectivity index (χ1n) is 14.3. The molecule has 1 saturated carbocycles. The van der Waals surface area contributed by atoms with Gasteiger partial charge in [-0.2, -0.15) is 0 Å². The van der Waals surface area contributed by atoms with E-state index in [2.05, 4.69) is 5.32 Å². The largest absolute Gasteiger partial charge is 0.508 e. The minimum absolute atomic E-state index is 0.0294. The number of carbonyl (C=O) groups excluding carboxylic acids is 3.